The second-order valence-corrected chi connectivity index (χ2v) is 12.1. The Labute approximate surface area is 309 Å². The van der Waals surface area contributed by atoms with E-state index in [1.54, 1.807) is 0 Å². The van der Waals surface area contributed by atoms with Gasteiger partial charge >= 0.3 is 16.5 Å². The standard InChI is InChI=1S/2C21H17N4.Ni/c2*1-12-17(11-22)14(3)24-20(12)18(16-9-7-6-8-10-16)21-13(2)19(23-5)15(4)25-21;/h2*6-10H,1-4H3;/q2*-1;+2/b2*20-18-;. The van der Waals surface area contributed by atoms with Crippen LogP contribution in [0, 0.1) is 63.5 Å². The van der Waals surface area contributed by atoms with Crippen LogP contribution in [0.5, 0.6) is 0 Å². The van der Waals surface area contributed by atoms with Crippen LogP contribution in [0.2, 0.25) is 0 Å². The van der Waals surface area contributed by atoms with Gasteiger partial charge in [0.15, 0.2) is 11.4 Å². The molecule has 0 bridgehead atoms. The van der Waals surface area contributed by atoms with Gasteiger partial charge in [-0.1, -0.05) is 99.5 Å². The van der Waals surface area contributed by atoms with Crippen molar-refractivity contribution in [2.75, 3.05) is 0 Å². The van der Waals surface area contributed by atoms with E-state index in [0.29, 0.717) is 22.5 Å². The SMILES string of the molecule is [C-]#[N+]c1c(C)[n-]c(/C(=C2\N=C(C)C(C#N)=C2C)c2ccccc2)c1C.[C-]#[N+]c1c(C)[n-]c(/C(=C2\N=C(C)C(C#N)=C2C)c2ccccc2)c1C.[Ni+2]. The second-order valence-electron chi connectivity index (χ2n) is 12.1. The Balaban J connectivity index is 0.000000224. The predicted octanol–water partition coefficient (Wildman–Crippen LogP) is 9.77. The topological polar surface area (TPSA) is 109 Å². The first-order valence-corrected chi connectivity index (χ1v) is 16.0. The average Bonchev–Trinajstić information content (AvgIpc) is 3.77. The van der Waals surface area contributed by atoms with Crippen LogP contribution in [-0.4, -0.2) is 11.4 Å². The van der Waals surface area contributed by atoms with E-state index in [9.17, 15) is 10.5 Å². The molecule has 0 unspecified atom stereocenters. The Morgan fingerprint density at radius 3 is 1.18 bits per heavy atom. The van der Waals surface area contributed by atoms with Crippen LogP contribution < -0.4 is 9.97 Å². The van der Waals surface area contributed by atoms with E-state index in [2.05, 4.69) is 41.8 Å². The first kappa shape index (κ1) is 37.6. The smallest absolute Gasteiger partial charge is 0.671 e. The summed E-state index contributed by atoms with van der Waals surface area (Å²) in [4.78, 5) is 25.9. The zero-order valence-corrected chi connectivity index (χ0v) is 30.7. The normalized spacial score (nSPS) is 15.4. The van der Waals surface area contributed by atoms with Crippen LogP contribution in [0.25, 0.3) is 20.8 Å². The van der Waals surface area contributed by atoms with Crippen molar-refractivity contribution in [1.82, 2.24) is 9.97 Å². The van der Waals surface area contributed by atoms with Crippen molar-refractivity contribution >= 4 is 33.9 Å². The van der Waals surface area contributed by atoms with Gasteiger partial charge < -0.3 is 9.97 Å². The molecule has 0 spiro atoms. The monoisotopic (exact) mass is 708 g/mol. The van der Waals surface area contributed by atoms with Crippen LogP contribution in [0.15, 0.2) is 104 Å². The van der Waals surface area contributed by atoms with Gasteiger partial charge in [0.05, 0.1) is 47.1 Å². The number of hydrogen-bond donors (Lipinski definition) is 0. The molecule has 2 aliphatic rings. The molecule has 9 heteroatoms. The molecule has 4 heterocycles. The molecule has 2 aromatic heterocycles. The third kappa shape index (κ3) is 6.82. The van der Waals surface area contributed by atoms with Gasteiger partial charge in [-0.15, -0.1) is 11.4 Å². The maximum atomic E-state index is 9.42. The van der Waals surface area contributed by atoms with Gasteiger partial charge in [0.2, 0.25) is 0 Å². The second kappa shape index (κ2) is 15.5. The summed E-state index contributed by atoms with van der Waals surface area (Å²) in [7, 11) is 0. The number of aromatic nitrogens is 2. The summed E-state index contributed by atoms with van der Waals surface area (Å²) in [6, 6.07) is 24.3. The van der Waals surface area contributed by atoms with Crippen LogP contribution >= 0.6 is 0 Å². The Bertz CT molecular complexity index is 2240. The zero-order valence-electron chi connectivity index (χ0n) is 29.7. The molecule has 4 aromatic rings. The molecule has 0 amide bonds. The number of benzene rings is 2. The number of hydrogen-bond acceptors (Lipinski definition) is 4. The van der Waals surface area contributed by atoms with Crippen LogP contribution in [-0.2, 0) is 16.5 Å². The molecule has 2 aromatic carbocycles. The average molecular weight is 709 g/mol. The van der Waals surface area contributed by atoms with Crippen LogP contribution in [0.3, 0.4) is 0 Å². The molecular weight excluding hydrogens is 675 g/mol. The first-order chi connectivity index (χ1) is 24.0. The van der Waals surface area contributed by atoms with E-state index in [4.69, 9.17) is 13.1 Å². The molecule has 0 saturated heterocycles. The number of allylic oxidation sites excluding steroid dienone is 4. The van der Waals surface area contributed by atoms with E-state index in [-0.39, 0.29) is 16.5 Å². The first-order valence-electron chi connectivity index (χ1n) is 16.0. The summed E-state index contributed by atoms with van der Waals surface area (Å²) < 4.78 is 0. The van der Waals surface area contributed by atoms with Crippen molar-refractivity contribution in [2.45, 2.75) is 55.4 Å². The summed E-state index contributed by atoms with van der Waals surface area (Å²) in [6.07, 6.45) is 0. The molecule has 0 atom stereocenters. The molecule has 0 saturated carbocycles. The Morgan fingerprint density at radius 2 is 0.922 bits per heavy atom. The van der Waals surface area contributed by atoms with Gasteiger partial charge in [-0.3, -0.25) is 9.98 Å². The van der Waals surface area contributed by atoms with E-state index >= 15 is 0 Å². The molecule has 8 nitrogen and oxygen atoms in total. The fourth-order valence-corrected chi connectivity index (χ4v) is 6.38. The summed E-state index contributed by atoms with van der Waals surface area (Å²) in [5.74, 6) is 0. The van der Waals surface area contributed by atoms with Gasteiger partial charge in [0, 0.05) is 0 Å². The van der Waals surface area contributed by atoms with E-state index in [1.807, 2.05) is 116 Å². The van der Waals surface area contributed by atoms with Crippen molar-refractivity contribution in [3.63, 3.8) is 0 Å². The summed E-state index contributed by atoms with van der Waals surface area (Å²) in [5, 5.41) is 18.8. The molecule has 2 aliphatic heterocycles. The summed E-state index contributed by atoms with van der Waals surface area (Å²) in [5.41, 5.74) is 15.4. The number of aliphatic imine (C=N–C) groups is 2. The number of aryl methyl sites for hydroxylation is 2. The minimum absolute atomic E-state index is 0. The van der Waals surface area contributed by atoms with Gasteiger partial charge in [0.1, 0.15) is 12.1 Å². The molecule has 0 radical (unpaired) electrons. The third-order valence-corrected chi connectivity index (χ3v) is 8.93. The van der Waals surface area contributed by atoms with Gasteiger partial charge in [-0.05, 0) is 61.1 Å². The van der Waals surface area contributed by atoms with Crippen LogP contribution in [0.1, 0.15) is 72.7 Å². The fourth-order valence-electron chi connectivity index (χ4n) is 6.38. The Kier molecular flexibility index (Phi) is 11.4. The molecule has 252 valence electrons. The van der Waals surface area contributed by atoms with Gasteiger partial charge in [-0.25, -0.2) is 9.69 Å². The molecule has 51 heavy (non-hydrogen) atoms. The van der Waals surface area contributed by atoms with Crippen molar-refractivity contribution in [2.24, 2.45) is 9.98 Å². The van der Waals surface area contributed by atoms with Crippen LogP contribution in [0.4, 0.5) is 11.4 Å². The molecular formula is C42H34N8Ni. The quantitative estimate of drug-likeness (QED) is 0.155. The summed E-state index contributed by atoms with van der Waals surface area (Å²) >= 11 is 0. The van der Waals surface area contributed by atoms with Crippen molar-refractivity contribution in [3.8, 4) is 12.1 Å². The Morgan fingerprint density at radius 1 is 0.588 bits per heavy atom. The molecule has 6 rings (SSSR count). The molecule has 0 fully saturated rings. The van der Waals surface area contributed by atoms with E-state index < -0.39 is 0 Å². The van der Waals surface area contributed by atoms with Crippen molar-refractivity contribution in [1.29, 1.82) is 10.5 Å². The zero-order chi connectivity index (χ0) is 36.3. The van der Waals surface area contributed by atoms with Gasteiger partial charge in [-0.2, -0.15) is 21.9 Å². The fraction of sp³-hybridized carbons (Fsp3) is 0.190. The number of rotatable bonds is 4. The predicted molar refractivity (Wildman–Crippen MR) is 199 cm³/mol. The van der Waals surface area contributed by atoms with Crippen molar-refractivity contribution in [3.05, 3.63) is 162 Å². The number of nitriles is 2. The number of nitrogens with zero attached hydrogens (tertiary/aromatic N) is 8. The minimum atomic E-state index is 0. The van der Waals surface area contributed by atoms with E-state index in [1.165, 1.54) is 0 Å². The van der Waals surface area contributed by atoms with E-state index in [0.717, 1.165) is 90.1 Å². The third-order valence-electron chi connectivity index (χ3n) is 8.93. The van der Waals surface area contributed by atoms with Crippen molar-refractivity contribution < 1.29 is 16.5 Å². The molecule has 0 N–H and O–H groups in total. The maximum Gasteiger partial charge on any atom is 2.00 e. The largest absolute Gasteiger partial charge is 2.00 e. The van der Waals surface area contributed by atoms with Gasteiger partial charge in [0.25, 0.3) is 0 Å². The summed E-state index contributed by atoms with van der Waals surface area (Å²) in [6.45, 7) is 29.9. The Hall–Kier alpha value is -6.25. The minimum Gasteiger partial charge on any atom is -0.671 e. The molecule has 0 aliphatic carbocycles. The maximum absolute atomic E-state index is 9.42.